The van der Waals surface area contributed by atoms with Gasteiger partial charge in [-0.3, -0.25) is 0 Å². The standard InChI is InChI=1S/C14H17NO/c1-10-7-8-13(16-2)14(10)12-6-4-3-5-11(12)9-15/h3-6,10,13-14H,7-8H2,1-2H3. The molecule has 1 fully saturated rings. The third-order valence-corrected chi connectivity index (χ3v) is 3.66. The Morgan fingerprint density at radius 2 is 2.06 bits per heavy atom. The fourth-order valence-corrected chi connectivity index (χ4v) is 2.81. The Balaban J connectivity index is 2.39. The average Bonchev–Trinajstić information content (AvgIpc) is 2.70. The molecule has 0 heterocycles. The molecule has 2 rings (SSSR count). The first-order valence-corrected chi connectivity index (χ1v) is 5.79. The summed E-state index contributed by atoms with van der Waals surface area (Å²) in [5.74, 6) is 0.972. The van der Waals surface area contributed by atoms with E-state index in [0.717, 1.165) is 17.5 Å². The average molecular weight is 215 g/mol. The first-order valence-electron chi connectivity index (χ1n) is 5.79. The van der Waals surface area contributed by atoms with Gasteiger partial charge in [0.25, 0.3) is 0 Å². The van der Waals surface area contributed by atoms with Crippen molar-refractivity contribution < 1.29 is 4.74 Å². The Morgan fingerprint density at radius 1 is 1.31 bits per heavy atom. The van der Waals surface area contributed by atoms with Crippen LogP contribution in [-0.4, -0.2) is 13.2 Å². The van der Waals surface area contributed by atoms with E-state index in [2.05, 4.69) is 19.1 Å². The quantitative estimate of drug-likeness (QED) is 0.759. The lowest BCUT2D eigenvalue weighted by molar-refractivity contribution is 0.0895. The van der Waals surface area contributed by atoms with E-state index in [1.165, 1.54) is 6.42 Å². The molecule has 1 aromatic rings. The maximum absolute atomic E-state index is 9.13. The molecular formula is C14H17NO. The highest BCUT2D eigenvalue weighted by molar-refractivity contribution is 5.41. The van der Waals surface area contributed by atoms with Crippen molar-refractivity contribution in [2.75, 3.05) is 7.11 Å². The molecular weight excluding hydrogens is 198 g/mol. The Labute approximate surface area is 96.9 Å². The highest BCUT2D eigenvalue weighted by Gasteiger charge is 2.35. The van der Waals surface area contributed by atoms with E-state index in [1.54, 1.807) is 7.11 Å². The Morgan fingerprint density at radius 3 is 2.75 bits per heavy atom. The fraction of sp³-hybridized carbons (Fsp3) is 0.500. The van der Waals surface area contributed by atoms with Crippen molar-refractivity contribution in [1.29, 1.82) is 5.26 Å². The van der Waals surface area contributed by atoms with Crippen LogP contribution in [-0.2, 0) is 4.74 Å². The topological polar surface area (TPSA) is 33.0 Å². The van der Waals surface area contributed by atoms with Crippen LogP contribution in [0, 0.1) is 17.2 Å². The molecule has 0 amide bonds. The molecule has 84 valence electrons. The highest BCUT2D eigenvalue weighted by atomic mass is 16.5. The number of hydrogen-bond acceptors (Lipinski definition) is 2. The van der Waals surface area contributed by atoms with Crippen LogP contribution in [0.15, 0.2) is 24.3 Å². The van der Waals surface area contributed by atoms with Crippen LogP contribution in [0.4, 0.5) is 0 Å². The van der Waals surface area contributed by atoms with Gasteiger partial charge in [-0.1, -0.05) is 25.1 Å². The first-order chi connectivity index (χ1) is 7.77. The van der Waals surface area contributed by atoms with Crippen molar-refractivity contribution >= 4 is 0 Å². The lowest BCUT2D eigenvalue weighted by Gasteiger charge is -2.23. The monoisotopic (exact) mass is 215 g/mol. The molecule has 1 aliphatic rings. The van der Waals surface area contributed by atoms with Gasteiger partial charge >= 0.3 is 0 Å². The van der Waals surface area contributed by atoms with E-state index < -0.39 is 0 Å². The van der Waals surface area contributed by atoms with Crippen LogP contribution in [0.1, 0.15) is 36.8 Å². The maximum Gasteiger partial charge on any atom is 0.0994 e. The Kier molecular flexibility index (Phi) is 3.26. The van der Waals surface area contributed by atoms with E-state index in [4.69, 9.17) is 10.00 Å². The summed E-state index contributed by atoms with van der Waals surface area (Å²) >= 11 is 0. The van der Waals surface area contributed by atoms with Crippen LogP contribution in [0.3, 0.4) is 0 Å². The van der Waals surface area contributed by atoms with Gasteiger partial charge in [-0.15, -0.1) is 0 Å². The molecule has 3 unspecified atom stereocenters. The zero-order valence-electron chi connectivity index (χ0n) is 9.81. The number of rotatable bonds is 2. The number of nitriles is 1. The molecule has 16 heavy (non-hydrogen) atoms. The summed E-state index contributed by atoms with van der Waals surface area (Å²) in [6.07, 6.45) is 2.55. The van der Waals surface area contributed by atoms with E-state index in [1.807, 2.05) is 18.2 Å². The molecule has 0 spiro atoms. The molecule has 3 atom stereocenters. The number of hydrogen-bond donors (Lipinski definition) is 0. The molecule has 1 aromatic carbocycles. The maximum atomic E-state index is 9.13. The lowest BCUT2D eigenvalue weighted by atomic mass is 9.86. The van der Waals surface area contributed by atoms with Gasteiger partial charge in [0, 0.05) is 13.0 Å². The van der Waals surface area contributed by atoms with Crippen LogP contribution in [0.2, 0.25) is 0 Å². The zero-order valence-corrected chi connectivity index (χ0v) is 9.81. The van der Waals surface area contributed by atoms with Crippen molar-refractivity contribution in [3.63, 3.8) is 0 Å². The third kappa shape index (κ3) is 1.83. The van der Waals surface area contributed by atoms with Gasteiger partial charge in [0.05, 0.1) is 17.7 Å². The Bertz CT molecular complexity index is 407. The molecule has 2 nitrogen and oxygen atoms in total. The molecule has 0 aliphatic heterocycles. The van der Waals surface area contributed by atoms with Crippen molar-refractivity contribution in [3.05, 3.63) is 35.4 Å². The second-order valence-electron chi connectivity index (χ2n) is 4.55. The van der Waals surface area contributed by atoms with Gasteiger partial charge in [0.1, 0.15) is 0 Å². The molecule has 0 saturated heterocycles. The van der Waals surface area contributed by atoms with Crippen molar-refractivity contribution in [2.45, 2.75) is 31.8 Å². The van der Waals surface area contributed by atoms with E-state index in [0.29, 0.717) is 11.8 Å². The van der Waals surface area contributed by atoms with E-state index in [-0.39, 0.29) is 6.10 Å². The summed E-state index contributed by atoms with van der Waals surface area (Å²) in [4.78, 5) is 0. The number of methoxy groups -OCH3 is 1. The molecule has 0 radical (unpaired) electrons. The minimum absolute atomic E-state index is 0.268. The van der Waals surface area contributed by atoms with Crippen molar-refractivity contribution in [3.8, 4) is 6.07 Å². The highest BCUT2D eigenvalue weighted by Crippen LogP contribution is 2.41. The van der Waals surface area contributed by atoms with Gasteiger partial charge in [-0.25, -0.2) is 0 Å². The predicted molar refractivity (Wildman–Crippen MR) is 63.1 cm³/mol. The van der Waals surface area contributed by atoms with Crippen molar-refractivity contribution in [1.82, 2.24) is 0 Å². The molecule has 0 aromatic heterocycles. The largest absolute Gasteiger partial charge is 0.381 e. The molecule has 0 N–H and O–H groups in total. The summed E-state index contributed by atoms with van der Waals surface area (Å²) in [5.41, 5.74) is 1.95. The Hall–Kier alpha value is -1.33. The van der Waals surface area contributed by atoms with Gasteiger partial charge < -0.3 is 4.74 Å². The van der Waals surface area contributed by atoms with Gasteiger partial charge in [0.15, 0.2) is 0 Å². The second-order valence-corrected chi connectivity index (χ2v) is 4.55. The van der Waals surface area contributed by atoms with Gasteiger partial charge in [-0.05, 0) is 30.4 Å². The molecule has 2 heteroatoms. The minimum atomic E-state index is 0.268. The smallest absolute Gasteiger partial charge is 0.0994 e. The zero-order chi connectivity index (χ0) is 11.5. The number of nitrogens with zero attached hydrogens (tertiary/aromatic N) is 1. The van der Waals surface area contributed by atoms with Crippen LogP contribution >= 0.6 is 0 Å². The molecule has 0 bridgehead atoms. The van der Waals surface area contributed by atoms with Crippen LogP contribution < -0.4 is 0 Å². The van der Waals surface area contributed by atoms with Gasteiger partial charge in [0.2, 0.25) is 0 Å². The normalized spacial score (nSPS) is 28.9. The van der Waals surface area contributed by atoms with Crippen LogP contribution in [0.5, 0.6) is 0 Å². The fourth-order valence-electron chi connectivity index (χ4n) is 2.81. The molecule has 1 aliphatic carbocycles. The number of benzene rings is 1. The lowest BCUT2D eigenvalue weighted by Crippen LogP contribution is -2.19. The predicted octanol–water partition coefficient (Wildman–Crippen LogP) is 3.09. The summed E-state index contributed by atoms with van der Waals surface area (Å²) in [7, 11) is 1.77. The molecule has 1 saturated carbocycles. The second kappa shape index (κ2) is 4.67. The summed E-state index contributed by atoms with van der Waals surface area (Å²) in [6.45, 7) is 2.25. The minimum Gasteiger partial charge on any atom is -0.381 e. The van der Waals surface area contributed by atoms with E-state index in [9.17, 15) is 0 Å². The summed E-state index contributed by atoms with van der Waals surface area (Å²) < 4.78 is 5.54. The first kappa shape index (κ1) is 11.2. The van der Waals surface area contributed by atoms with E-state index >= 15 is 0 Å². The third-order valence-electron chi connectivity index (χ3n) is 3.66. The summed E-state index contributed by atoms with van der Waals surface area (Å²) in [6, 6.07) is 10.2. The SMILES string of the molecule is COC1CCC(C)C1c1ccccc1C#N. The number of ether oxygens (including phenoxy) is 1. The van der Waals surface area contributed by atoms with Crippen LogP contribution in [0.25, 0.3) is 0 Å². The summed E-state index contributed by atoms with van der Waals surface area (Å²) in [5, 5.41) is 9.13. The van der Waals surface area contributed by atoms with Gasteiger partial charge in [-0.2, -0.15) is 5.26 Å². The van der Waals surface area contributed by atoms with Crippen molar-refractivity contribution in [2.24, 2.45) is 5.92 Å².